The number of amides is 2. The molecule has 0 aliphatic rings. The summed E-state index contributed by atoms with van der Waals surface area (Å²) in [7, 11) is 0. The maximum atomic E-state index is 12.6. The van der Waals surface area contributed by atoms with E-state index in [1.165, 1.54) is 35.8 Å². The van der Waals surface area contributed by atoms with Gasteiger partial charge in [0.05, 0.1) is 11.2 Å². The molecule has 3 aromatic carbocycles. The molecule has 4 aromatic rings. The Morgan fingerprint density at radius 3 is 2.44 bits per heavy atom. The number of benzene rings is 3. The Kier molecular flexibility index (Phi) is 6.07. The van der Waals surface area contributed by atoms with E-state index < -0.39 is 5.91 Å². The van der Waals surface area contributed by atoms with E-state index in [-0.39, 0.29) is 17.4 Å². The van der Waals surface area contributed by atoms with Crippen molar-refractivity contribution in [2.45, 2.75) is 0 Å². The quantitative estimate of drug-likeness (QED) is 0.246. The van der Waals surface area contributed by atoms with Crippen molar-refractivity contribution in [1.29, 1.82) is 0 Å². The molecule has 2 amide bonds. The van der Waals surface area contributed by atoms with Crippen molar-refractivity contribution in [2.24, 2.45) is 5.10 Å². The summed E-state index contributed by atoms with van der Waals surface area (Å²) < 4.78 is 0.927. The largest absolute Gasteiger partial charge is 0.508 e. The van der Waals surface area contributed by atoms with Crippen LogP contribution in [0.1, 0.15) is 25.6 Å². The van der Waals surface area contributed by atoms with Crippen molar-refractivity contribution < 1.29 is 19.8 Å². The first kappa shape index (κ1) is 21.4. The number of phenolic OH excluding ortho intramolecular Hbond substituents is 2. The highest BCUT2D eigenvalue weighted by Crippen LogP contribution is 2.35. The molecule has 0 spiro atoms. The van der Waals surface area contributed by atoms with Gasteiger partial charge in [0.25, 0.3) is 11.8 Å². The lowest BCUT2D eigenvalue weighted by molar-refractivity contribution is 0.0954. The SMILES string of the molecule is O=C(N/N=C\c1ccc(O)cc1O)c1ccc(NC(=O)c2sc3ccccc3c2Cl)cc1. The van der Waals surface area contributed by atoms with Gasteiger partial charge in [-0.25, -0.2) is 5.43 Å². The number of carbonyl (C=O) groups excluding carboxylic acids is 2. The Balaban J connectivity index is 1.40. The molecule has 160 valence electrons. The van der Waals surface area contributed by atoms with Gasteiger partial charge in [0.15, 0.2) is 0 Å². The molecule has 9 heteroatoms. The summed E-state index contributed by atoms with van der Waals surface area (Å²) in [6.45, 7) is 0. The molecule has 0 aliphatic heterocycles. The summed E-state index contributed by atoms with van der Waals surface area (Å²) in [5, 5.41) is 26.8. The second kappa shape index (κ2) is 9.09. The summed E-state index contributed by atoms with van der Waals surface area (Å²) in [4.78, 5) is 25.3. The average Bonchev–Trinajstić information content (AvgIpc) is 3.12. The van der Waals surface area contributed by atoms with Gasteiger partial charge >= 0.3 is 0 Å². The van der Waals surface area contributed by atoms with E-state index in [1.807, 2.05) is 24.3 Å². The monoisotopic (exact) mass is 465 g/mol. The number of phenols is 2. The Morgan fingerprint density at radius 1 is 0.969 bits per heavy atom. The van der Waals surface area contributed by atoms with Crippen LogP contribution in [-0.4, -0.2) is 28.2 Å². The molecule has 32 heavy (non-hydrogen) atoms. The number of hydrogen-bond acceptors (Lipinski definition) is 6. The average molecular weight is 466 g/mol. The molecule has 0 radical (unpaired) electrons. The molecule has 0 aliphatic carbocycles. The molecule has 0 saturated carbocycles. The zero-order valence-electron chi connectivity index (χ0n) is 16.4. The normalized spacial score (nSPS) is 11.0. The first-order chi connectivity index (χ1) is 15.4. The van der Waals surface area contributed by atoms with Gasteiger partial charge in [0, 0.05) is 33.0 Å². The van der Waals surface area contributed by atoms with Crippen molar-refractivity contribution in [3.63, 3.8) is 0 Å². The predicted octanol–water partition coefficient (Wildman–Crippen LogP) is 4.98. The molecule has 7 nitrogen and oxygen atoms in total. The van der Waals surface area contributed by atoms with Crippen LogP contribution in [0, 0.1) is 0 Å². The summed E-state index contributed by atoms with van der Waals surface area (Å²) in [6, 6.07) is 17.8. The van der Waals surface area contributed by atoms with Crippen LogP contribution in [0.3, 0.4) is 0 Å². The maximum absolute atomic E-state index is 12.6. The molecule has 4 rings (SSSR count). The molecule has 0 fully saturated rings. The van der Waals surface area contributed by atoms with Gasteiger partial charge in [-0.3, -0.25) is 9.59 Å². The second-order valence-corrected chi connectivity index (χ2v) is 8.15. The molecular weight excluding hydrogens is 450 g/mol. The summed E-state index contributed by atoms with van der Waals surface area (Å²) in [5.41, 5.74) is 3.53. The molecular formula is C23H16ClN3O4S. The lowest BCUT2D eigenvalue weighted by Gasteiger charge is -2.05. The molecule has 0 saturated heterocycles. The van der Waals surface area contributed by atoms with Crippen LogP contribution >= 0.6 is 22.9 Å². The lowest BCUT2D eigenvalue weighted by atomic mass is 10.2. The number of anilines is 1. The summed E-state index contributed by atoms with van der Waals surface area (Å²) in [6.07, 6.45) is 1.26. The third-order valence-electron chi connectivity index (χ3n) is 4.53. The number of nitrogens with one attached hydrogen (secondary N) is 2. The molecule has 4 N–H and O–H groups in total. The maximum Gasteiger partial charge on any atom is 0.271 e. The second-order valence-electron chi connectivity index (χ2n) is 6.72. The van der Waals surface area contributed by atoms with E-state index in [0.29, 0.717) is 26.7 Å². The number of nitrogens with zero attached hydrogens (tertiary/aromatic N) is 1. The van der Waals surface area contributed by atoms with E-state index in [4.69, 9.17) is 11.6 Å². The fourth-order valence-electron chi connectivity index (χ4n) is 2.92. The Morgan fingerprint density at radius 2 is 1.72 bits per heavy atom. The van der Waals surface area contributed by atoms with Gasteiger partial charge < -0.3 is 15.5 Å². The zero-order chi connectivity index (χ0) is 22.7. The number of carbonyl (C=O) groups is 2. The van der Waals surface area contributed by atoms with E-state index in [9.17, 15) is 19.8 Å². The Hall–Kier alpha value is -3.88. The van der Waals surface area contributed by atoms with E-state index >= 15 is 0 Å². The molecule has 1 heterocycles. The smallest absolute Gasteiger partial charge is 0.271 e. The van der Waals surface area contributed by atoms with E-state index in [1.54, 1.807) is 24.3 Å². The minimum absolute atomic E-state index is 0.0782. The van der Waals surface area contributed by atoms with Gasteiger partial charge in [-0.2, -0.15) is 5.10 Å². The fraction of sp³-hybridized carbons (Fsp3) is 0. The predicted molar refractivity (Wildman–Crippen MR) is 126 cm³/mol. The third-order valence-corrected chi connectivity index (χ3v) is 6.20. The van der Waals surface area contributed by atoms with Crippen molar-refractivity contribution in [1.82, 2.24) is 5.43 Å². The van der Waals surface area contributed by atoms with Crippen molar-refractivity contribution in [3.05, 3.63) is 87.8 Å². The first-order valence-corrected chi connectivity index (χ1v) is 10.6. The lowest BCUT2D eigenvalue weighted by Crippen LogP contribution is -2.17. The number of hydrazone groups is 1. The van der Waals surface area contributed by atoms with Crippen LogP contribution in [0.2, 0.25) is 5.02 Å². The first-order valence-electron chi connectivity index (χ1n) is 9.36. The molecule has 0 bridgehead atoms. The van der Waals surface area contributed by atoms with E-state index in [2.05, 4.69) is 15.8 Å². The van der Waals surface area contributed by atoms with Crippen molar-refractivity contribution in [2.75, 3.05) is 5.32 Å². The fourth-order valence-corrected chi connectivity index (χ4v) is 4.33. The van der Waals surface area contributed by atoms with Gasteiger partial charge in [-0.1, -0.05) is 29.8 Å². The number of thiophene rings is 1. The van der Waals surface area contributed by atoms with Gasteiger partial charge in [-0.05, 0) is 42.5 Å². The number of rotatable bonds is 5. The number of halogens is 1. The van der Waals surface area contributed by atoms with Crippen molar-refractivity contribution in [3.8, 4) is 11.5 Å². The number of aromatic hydroxyl groups is 2. The number of hydrogen-bond donors (Lipinski definition) is 4. The summed E-state index contributed by atoms with van der Waals surface area (Å²) >= 11 is 7.66. The van der Waals surface area contributed by atoms with Crippen LogP contribution in [0.4, 0.5) is 5.69 Å². The van der Waals surface area contributed by atoms with Crippen LogP contribution in [0.15, 0.2) is 71.8 Å². The van der Waals surface area contributed by atoms with Crippen LogP contribution in [-0.2, 0) is 0 Å². The highest BCUT2D eigenvalue weighted by atomic mass is 35.5. The zero-order valence-corrected chi connectivity index (χ0v) is 17.9. The summed E-state index contributed by atoms with van der Waals surface area (Å²) in [5.74, 6) is -1.04. The standard InChI is InChI=1S/C23H16ClN3O4S/c24-20-17-3-1-2-4-19(17)32-21(20)23(31)26-15-8-5-13(6-9-15)22(30)27-25-12-14-7-10-16(28)11-18(14)29/h1-12,28-29H,(H,26,31)(H,27,30)/b25-12-. The van der Waals surface area contributed by atoms with Crippen LogP contribution in [0.5, 0.6) is 11.5 Å². The minimum Gasteiger partial charge on any atom is -0.508 e. The van der Waals surface area contributed by atoms with Crippen LogP contribution in [0.25, 0.3) is 10.1 Å². The highest BCUT2D eigenvalue weighted by Gasteiger charge is 2.17. The van der Waals surface area contributed by atoms with Crippen LogP contribution < -0.4 is 10.7 Å². The van der Waals surface area contributed by atoms with E-state index in [0.717, 1.165) is 10.1 Å². The van der Waals surface area contributed by atoms with Gasteiger partial charge in [0.2, 0.25) is 0 Å². The molecule has 0 atom stereocenters. The topological polar surface area (TPSA) is 111 Å². The Labute approximate surface area is 191 Å². The highest BCUT2D eigenvalue weighted by molar-refractivity contribution is 7.21. The molecule has 0 unspecified atom stereocenters. The Bertz CT molecular complexity index is 1350. The van der Waals surface area contributed by atoms with Gasteiger partial charge in [-0.15, -0.1) is 11.3 Å². The van der Waals surface area contributed by atoms with Gasteiger partial charge in [0.1, 0.15) is 16.4 Å². The number of fused-ring (bicyclic) bond motifs is 1. The third kappa shape index (κ3) is 4.56. The molecule has 1 aromatic heterocycles. The minimum atomic E-state index is -0.468. The van der Waals surface area contributed by atoms with Crippen molar-refractivity contribution >= 4 is 56.7 Å².